The number of ketones is 1. The van der Waals surface area contributed by atoms with Gasteiger partial charge in [-0.2, -0.15) is 0 Å². The van der Waals surface area contributed by atoms with E-state index in [0.29, 0.717) is 55.3 Å². The number of rotatable bonds is 9. The summed E-state index contributed by atoms with van der Waals surface area (Å²) < 4.78 is 5.34. The van der Waals surface area contributed by atoms with Gasteiger partial charge in [0, 0.05) is 30.3 Å². The first-order chi connectivity index (χ1) is 21.9. The Morgan fingerprint density at radius 1 is 1.04 bits per heavy atom. The van der Waals surface area contributed by atoms with Crippen LogP contribution in [0.4, 0.5) is 0 Å². The van der Waals surface area contributed by atoms with Gasteiger partial charge in [-0.3, -0.25) is 4.79 Å². The normalized spacial score (nSPS) is 24.2. The summed E-state index contributed by atoms with van der Waals surface area (Å²) in [6.07, 6.45) is 7.27. The van der Waals surface area contributed by atoms with Crippen LogP contribution in [0.5, 0.6) is 5.75 Å². The average Bonchev–Trinajstić information content (AvgIpc) is 3.01. The van der Waals surface area contributed by atoms with Gasteiger partial charge >= 0.3 is 0 Å². The third-order valence-electron chi connectivity index (χ3n) is 9.35. The predicted molar refractivity (Wildman–Crippen MR) is 193 cm³/mol. The molecule has 0 saturated heterocycles. The lowest BCUT2D eigenvalue weighted by atomic mass is 9.77. The number of allylic oxidation sites excluding steroid dienone is 2. The molecule has 0 fully saturated rings. The second kappa shape index (κ2) is 18.2. The number of nitrogens with one attached hydrogen (secondary N) is 2. The Balaban J connectivity index is 1.89. The van der Waals surface area contributed by atoms with Crippen LogP contribution in [0.1, 0.15) is 64.5 Å². The van der Waals surface area contributed by atoms with Crippen molar-refractivity contribution in [2.75, 3.05) is 13.7 Å². The lowest BCUT2D eigenvalue weighted by molar-refractivity contribution is -0.125. The van der Waals surface area contributed by atoms with Crippen LogP contribution in [-0.4, -0.2) is 36.7 Å². The molecule has 0 aromatic heterocycles. The maximum Gasteiger partial charge on any atom is 0.137 e. The first-order valence-corrected chi connectivity index (χ1v) is 17.0. The second-order valence-corrected chi connectivity index (χ2v) is 14.0. The summed E-state index contributed by atoms with van der Waals surface area (Å²) in [5, 5.41) is 19.0. The summed E-state index contributed by atoms with van der Waals surface area (Å²) in [7, 11) is 1.61. The van der Waals surface area contributed by atoms with Crippen molar-refractivity contribution in [1.29, 1.82) is 0 Å². The van der Waals surface area contributed by atoms with Gasteiger partial charge in [0.15, 0.2) is 0 Å². The summed E-state index contributed by atoms with van der Waals surface area (Å²) in [6.45, 7) is 22.4. The minimum atomic E-state index is -0.561. The SMILES string of the molecule is C=C1/C=C/C[C@@H](C(C)[C@H](O)Cc2ccccc2)CC(=O)[C@H](CC(C)C)CC(=C)C(C)CNC(=C)[C@@H](Cc2ccc(OC)c(Cl)c2)N1. The Kier molecular flexibility index (Phi) is 14.7. The molecule has 0 spiro atoms. The first kappa shape index (κ1) is 37.2. The topological polar surface area (TPSA) is 70.6 Å². The Hall–Kier alpha value is -3.28. The zero-order valence-corrected chi connectivity index (χ0v) is 29.3. The van der Waals surface area contributed by atoms with Gasteiger partial charge in [-0.05, 0) is 85.1 Å². The molecule has 250 valence electrons. The fourth-order valence-electron chi connectivity index (χ4n) is 6.22. The van der Waals surface area contributed by atoms with Crippen LogP contribution in [0.2, 0.25) is 5.02 Å². The first-order valence-electron chi connectivity index (χ1n) is 16.7. The monoisotopic (exact) mass is 646 g/mol. The van der Waals surface area contributed by atoms with Crippen LogP contribution < -0.4 is 15.4 Å². The molecule has 3 rings (SSSR count). The standard InChI is InChI=1S/C40H55ClN2O3/c1-26(2)19-35-20-27(3)28(4)25-42-31(7)37(22-33-17-18-40(46-8)36(41)21-33)43-29(5)13-12-16-34(24-39(35)45)30(6)38(44)23-32-14-10-9-11-15-32/h9-15,17-18,21,26,28,30,34-35,37-38,42-44H,3,5,7,16,19-20,22-25H2,1-2,4,6,8H3/b13-12+/t28?,30?,34-,35-,37-,38-/m1/s1. The van der Waals surface area contributed by atoms with E-state index < -0.39 is 6.10 Å². The summed E-state index contributed by atoms with van der Waals surface area (Å²) in [5.74, 6) is 1.25. The Labute approximate surface area is 282 Å². The fourth-order valence-corrected chi connectivity index (χ4v) is 6.50. The van der Waals surface area contributed by atoms with Crippen molar-refractivity contribution in [2.24, 2.45) is 29.6 Å². The van der Waals surface area contributed by atoms with Gasteiger partial charge in [0.25, 0.3) is 0 Å². The molecule has 1 aliphatic rings. The Bertz CT molecular complexity index is 1350. The molecule has 0 saturated carbocycles. The molecular formula is C40H55ClN2O3. The van der Waals surface area contributed by atoms with Gasteiger partial charge in [-0.15, -0.1) is 0 Å². The van der Waals surface area contributed by atoms with Gasteiger partial charge in [0.2, 0.25) is 0 Å². The zero-order chi connectivity index (χ0) is 33.8. The largest absolute Gasteiger partial charge is 0.495 e. The second-order valence-electron chi connectivity index (χ2n) is 13.6. The molecule has 1 heterocycles. The number of methoxy groups -OCH3 is 1. The number of aliphatic hydroxyl groups is 1. The molecule has 0 aliphatic carbocycles. The van der Waals surface area contributed by atoms with E-state index in [0.717, 1.165) is 34.5 Å². The van der Waals surface area contributed by atoms with Crippen LogP contribution in [0.25, 0.3) is 0 Å². The molecule has 2 aromatic carbocycles. The lowest BCUT2D eigenvalue weighted by Crippen LogP contribution is -2.38. The zero-order valence-electron chi connectivity index (χ0n) is 28.5. The molecule has 46 heavy (non-hydrogen) atoms. The number of Topliss-reactive ketones (excluding diaryl/α,β-unsaturated/α-hetero) is 1. The lowest BCUT2D eigenvalue weighted by Gasteiger charge is -2.30. The third kappa shape index (κ3) is 11.5. The van der Waals surface area contributed by atoms with Gasteiger partial charge in [-0.1, -0.05) is 107 Å². The number of carbonyl (C=O) groups is 1. The summed E-state index contributed by atoms with van der Waals surface area (Å²) >= 11 is 6.45. The molecule has 5 nitrogen and oxygen atoms in total. The number of ether oxygens (including phenoxy) is 1. The van der Waals surface area contributed by atoms with E-state index in [9.17, 15) is 9.90 Å². The highest BCUT2D eigenvalue weighted by Gasteiger charge is 2.30. The minimum absolute atomic E-state index is 0.0163. The van der Waals surface area contributed by atoms with Gasteiger partial charge in [-0.25, -0.2) is 0 Å². The molecule has 0 radical (unpaired) electrons. The van der Waals surface area contributed by atoms with E-state index in [-0.39, 0.29) is 35.5 Å². The van der Waals surface area contributed by atoms with Gasteiger partial charge in [0.1, 0.15) is 11.5 Å². The molecule has 1 aliphatic heterocycles. The molecule has 2 aromatic rings. The van der Waals surface area contributed by atoms with E-state index in [1.165, 1.54) is 0 Å². The highest BCUT2D eigenvalue weighted by molar-refractivity contribution is 6.32. The summed E-state index contributed by atoms with van der Waals surface area (Å²) in [6, 6.07) is 15.7. The molecule has 0 amide bonds. The van der Waals surface area contributed by atoms with Gasteiger partial charge in [0.05, 0.1) is 24.3 Å². The average molecular weight is 647 g/mol. The smallest absolute Gasteiger partial charge is 0.137 e. The number of halogens is 1. The number of hydrogen-bond acceptors (Lipinski definition) is 5. The molecule has 3 N–H and O–H groups in total. The van der Waals surface area contributed by atoms with Crippen molar-refractivity contribution >= 4 is 17.4 Å². The highest BCUT2D eigenvalue weighted by atomic mass is 35.5. The van der Waals surface area contributed by atoms with E-state index in [1.54, 1.807) is 7.11 Å². The molecule has 0 bridgehead atoms. The third-order valence-corrected chi connectivity index (χ3v) is 9.64. The van der Waals surface area contributed by atoms with Crippen LogP contribution in [0.15, 0.2) is 97.4 Å². The van der Waals surface area contributed by atoms with Crippen LogP contribution in [0, 0.1) is 29.6 Å². The van der Waals surface area contributed by atoms with Crippen LogP contribution in [-0.2, 0) is 17.6 Å². The van der Waals surface area contributed by atoms with E-state index >= 15 is 0 Å². The Morgan fingerprint density at radius 2 is 1.76 bits per heavy atom. The van der Waals surface area contributed by atoms with Crippen LogP contribution >= 0.6 is 11.6 Å². The quantitative estimate of drug-likeness (QED) is 0.238. The molecule has 2 unspecified atom stereocenters. The number of aliphatic hydroxyl groups excluding tert-OH is 1. The van der Waals surface area contributed by atoms with Crippen molar-refractivity contribution in [1.82, 2.24) is 10.6 Å². The molecular weight excluding hydrogens is 592 g/mol. The number of benzene rings is 2. The van der Waals surface area contributed by atoms with Crippen molar-refractivity contribution in [3.63, 3.8) is 0 Å². The number of carbonyl (C=O) groups excluding carboxylic acids is 1. The maximum atomic E-state index is 14.0. The van der Waals surface area contributed by atoms with E-state index in [2.05, 4.69) is 64.1 Å². The molecule has 6 atom stereocenters. The van der Waals surface area contributed by atoms with Crippen molar-refractivity contribution in [3.05, 3.63) is 114 Å². The highest BCUT2D eigenvalue weighted by Crippen LogP contribution is 2.32. The summed E-state index contributed by atoms with van der Waals surface area (Å²) in [4.78, 5) is 14.0. The minimum Gasteiger partial charge on any atom is -0.495 e. The Morgan fingerprint density at radius 3 is 2.41 bits per heavy atom. The van der Waals surface area contributed by atoms with Crippen molar-refractivity contribution in [3.8, 4) is 5.75 Å². The van der Waals surface area contributed by atoms with E-state index in [4.69, 9.17) is 16.3 Å². The van der Waals surface area contributed by atoms with Gasteiger partial charge < -0.3 is 20.5 Å². The van der Waals surface area contributed by atoms with E-state index in [1.807, 2.05) is 54.6 Å². The van der Waals surface area contributed by atoms with Crippen LogP contribution in [0.3, 0.4) is 0 Å². The molecule has 6 heteroatoms. The number of hydrogen-bond donors (Lipinski definition) is 3. The van der Waals surface area contributed by atoms with Crippen molar-refractivity contribution < 1.29 is 14.6 Å². The predicted octanol–water partition coefficient (Wildman–Crippen LogP) is 8.49. The maximum absolute atomic E-state index is 14.0. The van der Waals surface area contributed by atoms with Crippen molar-refractivity contribution in [2.45, 2.75) is 78.4 Å². The fraction of sp³-hybridized carbons (Fsp3) is 0.475. The summed E-state index contributed by atoms with van der Waals surface area (Å²) in [5.41, 5.74) is 4.80.